The quantitative estimate of drug-likeness (QED) is 0.822. The van der Waals surface area contributed by atoms with E-state index in [1.807, 2.05) is 0 Å². The van der Waals surface area contributed by atoms with Crippen molar-refractivity contribution in [2.75, 3.05) is 20.2 Å². The molecule has 0 bridgehead atoms. The van der Waals surface area contributed by atoms with E-state index in [9.17, 15) is 18.3 Å². The Morgan fingerprint density at radius 3 is 2.52 bits per heavy atom. The van der Waals surface area contributed by atoms with Crippen molar-refractivity contribution >= 4 is 16.0 Å². The van der Waals surface area contributed by atoms with Gasteiger partial charge in [-0.25, -0.2) is 13.2 Å². The first-order valence-corrected chi connectivity index (χ1v) is 7.81. The maximum absolute atomic E-state index is 12.4. The highest BCUT2D eigenvalue weighted by molar-refractivity contribution is 7.89. The molecule has 1 saturated heterocycles. The lowest BCUT2D eigenvalue weighted by molar-refractivity contribution is -0.0613. The molecule has 0 aromatic heterocycles. The molecule has 2 rings (SSSR count). The van der Waals surface area contributed by atoms with Crippen LogP contribution in [-0.2, 0) is 10.0 Å². The number of β-amino-alcohol motifs (C(OH)–C–C–N with tert-alkyl or cyclic N) is 1. The number of aliphatic hydroxyl groups is 1. The van der Waals surface area contributed by atoms with Crippen LogP contribution in [0.3, 0.4) is 0 Å². The predicted octanol–water partition coefficient (Wildman–Crippen LogP) is 0.539. The van der Waals surface area contributed by atoms with Crippen LogP contribution in [0.2, 0.25) is 0 Å². The largest absolute Gasteiger partial charge is 0.496 e. The molecule has 1 aromatic carbocycles. The first-order valence-electron chi connectivity index (χ1n) is 6.37. The fraction of sp³-hybridized carbons (Fsp3) is 0.462. The summed E-state index contributed by atoms with van der Waals surface area (Å²) < 4.78 is 30.8. The molecule has 1 heterocycles. The standard InChI is InChI=1S/C13H17NO6S/c1-3-13(17)7-14(8-13)21(18,19)9-4-5-11(20-2)10(6-9)12(15)16/h4-6,17H,3,7-8H2,1-2H3,(H,15,16). The lowest BCUT2D eigenvalue weighted by Gasteiger charge is -2.44. The molecule has 1 fully saturated rings. The Morgan fingerprint density at radius 1 is 1.43 bits per heavy atom. The second-order valence-electron chi connectivity index (χ2n) is 5.02. The van der Waals surface area contributed by atoms with Crippen molar-refractivity contribution in [2.45, 2.75) is 23.8 Å². The lowest BCUT2D eigenvalue weighted by atomic mass is 9.94. The molecule has 116 valence electrons. The molecule has 1 aliphatic rings. The number of sulfonamides is 1. The van der Waals surface area contributed by atoms with Gasteiger partial charge in [-0.3, -0.25) is 0 Å². The van der Waals surface area contributed by atoms with Crippen molar-refractivity contribution in [3.05, 3.63) is 23.8 Å². The van der Waals surface area contributed by atoms with Crippen molar-refractivity contribution in [1.82, 2.24) is 4.31 Å². The van der Waals surface area contributed by atoms with E-state index in [4.69, 9.17) is 9.84 Å². The first-order chi connectivity index (χ1) is 9.73. The van der Waals surface area contributed by atoms with Gasteiger partial charge >= 0.3 is 5.97 Å². The van der Waals surface area contributed by atoms with Gasteiger partial charge in [0.05, 0.1) is 17.6 Å². The van der Waals surface area contributed by atoms with Crippen molar-refractivity contribution in [3.63, 3.8) is 0 Å². The van der Waals surface area contributed by atoms with Gasteiger partial charge in [-0.15, -0.1) is 0 Å². The van der Waals surface area contributed by atoms with Crippen LogP contribution >= 0.6 is 0 Å². The summed E-state index contributed by atoms with van der Waals surface area (Å²) in [6.07, 6.45) is 0.460. The molecule has 0 aliphatic carbocycles. The number of hydrogen-bond donors (Lipinski definition) is 2. The van der Waals surface area contributed by atoms with Gasteiger partial charge in [0.1, 0.15) is 11.3 Å². The Balaban J connectivity index is 2.34. The Labute approximate surface area is 122 Å². The van der Waals surface area contributed by atoms with Gasteiger partial charge in [-0.05, 0) is 24.6 Å². The Hall–Kier alpha value is -1.64. The molecule has 0 atom stereocenters. The van der Waals surface area contributed by atoms with E-state index in [1.165, 1.54) is 19.2 Å². The highest BCUT2D eigenvalue weighted by Crippen LogP contribution is 2.31. The van der Waals surface area contributed by atoms with Crippen LogP contribution in [0.1, 0.15) is 23.7 Å². The van der Waals surface area contributed by atoms with Crippen LogP contribution in [0.25, 0.3) is 0 Å². The maximum atomic E-state index is 12.4. The minimum absolute atomic E-state index is 0.0142. The summed E-state index contributed by atoms with van der Waals surface area (Å²) in [6.45, 7) is 1.81. The Bertz CT molecular complexity index is 663. The summed E-state index contributed by atoms with van der Waals surface area (Å²) in [6, 6.07) is 3.67. The van der Waals surface area contributed by atoms with E-state index in [0.29, 0.717) is 6.42 Å². The molecule has 1 aliphatic heterocycles. The third-order valence-electron chi connectivity index (χ3n) is 3.64. The van der Waals surface area contributed by atoms with E-state index < -0.39 is 21.6 Å². The molecule has 2 N–H and O–H groups in total. The second-order valence-corrected chi connectivity index (χ2v) is 6.96. The number of ether oxygens (including phenoxy) is 1. The highest BCUT2D eigenvalue weighted by atomic mass is 32.2. The van der Waals surface area contributed by atoms with Crippen LogP contribution in [0.15, 0.2) is 23.1 Å². The average molecular weight is 315 g/mol. The zero-order valence-corrected chi connectivity index (χ0v) is 12.6. The van der Waals surface area contributed by atoms with Crippen molar-refractivity contribution in [3.8, 4) is 5.75 Å². The number of methoxy groups -OCH3 is 1. The van der Waals surface area contributed by atoms with Gasteiger partial charge in [0.15, 0.2) is 0 Å². The van der Waals surface area contributed by atoms with Gasteiger partial charge in [0.2, 0.25) is 10.0 Å². The summed E-state index contributed by atoms with van der Waals surface area (Å²) >= 11 is 0. The number of carboxylic acid groups (broad SMARTS) is 1. The van der Waals surface area contributed by atoms with E-state index in [-0.39, 0.29) is 29.3 Å². The van der Waals surface area contributed by atoms with E-state index in [1.54, 1.807) is 6.92 Å². The zero-order valence-electron chi connectivity index (χ0n) is 11.7. The molecule has 0 saturated carbocycles. The van der Waals surface area contributed by atoms with Gasteiger partial charge in [-0.2, -0.15) is 4.31 Å². The van der Waals surface area contributed by atoms with Crippen molar-refractivity contribution in [2.24, 2.45) is 0 Å². The SMILES string of the molecule is CCC1(O)CN(S(=O)(=O)c2ccc(OC)c(C(=O)O)c2)C1. The molecule has 1 aromatic rings. The van der Waals surface area contributed by atoms with Gasteiger partial charge in [0.25, 0.3) is 0 Å². The molecule has 7 nitrogen and oxygen atoms in total. The summed E-state index contributed by atoms with van der Waals surface area (Å²) in [5.41, 5.74) is -1.21. The number of hydrogen-bond acceptors (Lipinski definition) is 5. The minimum atomic E-state index is -3.81. The molecule has 21 heavy (non-hydrogen) atoms. The van der Waals surface area contributed by atoms with Gasteiger partial charge < -0.3 is 14.9 Å². The van der Waals surface area contributed by atoms with Gasteiger partial charge in [-0.1, -0.05) is 6.92 Å². The topological polar surface area (TPSA) is 104 Å². The third kappa shape index (κ3) is 2.74. The lowest BCUT2D eigenvalue weighted by Crippen LogP contribution is -2.62. The Morgan fingerprint density at radius 2 is 2.05 bits per heavy atom. The van der Waals surface area contributed by atoms with Crippen molar-refractivity contribution in [1.29, 1.82) is 0 Å². The fourth-order valence-electron chi connectivity index (χ4n) is 2.17. The Kier molecular flexibility index (Phi) is 3.96. The summed E-state index contributed by atoms with van der Waals surface area (Å²) in [4.78, 5) is 11.0. The van der Waals surface area contributed by atoms with E-state index in [0.717, 1.165) is 10.4 Å². The maximum Gasteiger partial charge on any atom is 0.339 e. The average Bonchev–Trinajstić information content (AvgIpc) is 2.42. The molecule has 0 radical (unpaired) electrons. The number of aromatic carboxylic acids is 1. The summed E-state index contributed by atoms with van der Waals surface area (Å²) in [5, 5.41) is 19.0. The second kappa shape index (κ2) is 5.28. The molecular formula is C13H17NO6S. The van der Waals surface area contributed by atoms with Gasteiger partial charge in [0, 0.05) is 13.1 Å². The minimum Gasteiger partial charge on any atom is -0.496 e. The van der Waals surface area contributed by atoms with Crippen LogP contribution in [0.4, 0.5) is 0 Å². The third-order valence-corrected chi connectivity index (χ3v) is 5.43. The molecule has 0 amide bonds. The zero-order chi connectivity index (χ0) is 15.8. The van der Waals surface area contributed by atoms with Crippen molar-refractivity contribution < 1.29 is 28.2 Å². The fourth-order valence-corrected chi connectivity index (χ4v) is 3.79. The number of nitrogens with zero attached hydrogens (tertiary/aromatic N) is 1. The number of carbonyl (C=O) groups is 1. The summed E-state index contributed by atoms with van der Waals surface area (Å²) in [7, 11) is -2.50. The van der Waals surface area contributed by atoms with Crippen LogP contribution in [-0.4, -0.2) is 54.7 Å². The van der Waals surface area contributed by atoms with E-state index in [2.05, 4.69) is 0 Å². The molecule has 0 spiro atoms. The monoisotopic (exact) mass is 315 g/mol. The van der Waals surface area contributed by atoms with Crippen LogP contribution in [0, 0.1) is 0 Å². The smallest absolute Gasteiger partial charge is 0.339 e. The highest BCUT2D eigenvalue weighted by Gasteiger charge is 2.46. The van der Waals surface area contributed by atoms with E-state index >= 15 is 0 Å². The normalized spacial score (nSPS) is 18.0. The summed E-state index contributed by atoms with van der Waals surface area (Å²) in [5.74, 6) is -1.17. The molecular weight excluding hydrogens is 298 g/mol. The predicted molar refractivity (Wildman–Crippen MR) is 74.0 cm³/mol. The first kappa shape index (κ1) is 15.7. The molecule has 0 unspecified atom stereocenters. The van der Waals surface area contributed by atoms with Crippen LogP contribution in [0.5, 0.6) is 5.75 Å². The molecule has 8 heteroatoms. The number of rotatable bonds is 5. The number of carboxylic acids is 1. The number of benzene rings is 1. The van der Waals surface area contributed by atoms with Crippen LogP contribution < -0.4 is 4.74 Å².